The van der Waals surface area contributed by atoms with Crippen LogP contribution in [-0.4, -0.2) is 36.7 Å². The smallest absolute Gasteiger partial charge is 0.168 e. The Balaban J connectivity index is 1.54. The van der Waals surface area contributed by atoms with E-state index in [0.717, 1.165) is 24.6 Å². The van der Waals surface area contributed by atoms with Gasteiger partial charge in [0, 0.05) is 38.9 Å². The molecule has 0 bridgehead atoms. The molecule has 1 N–H and O–H groups in total. The van der Waals surface area contributed by atoms with Crippen molar-refractivity contribution in [1.82, 2.24) is 10.2 Å². The normalized spacial score (nSPS) is 14.1. The maximum Gasteiger partial charge on any atom is 0.168 e. The van der Waals surface area contributed by atoms with E-state index in [4.69, 9.17) is 12.2 Å². The second-order valence-corrected chi connectivity index (χ2v) is 7.39. The molecule has 1 aliphatic rings. The molecule has 1 fully saturated rings. The topological polar surface area (TPSA) is 18.5 Å². The van der Waals surface area contributed by atoms with Gasteiger partial charge in [0.1, 0.15) is 0 Å². The molecule has 3 rings (SSSR count). The lowest BCUT2D eigenvalue weighted by Gasteiger charge is -2.32. The molecule has 1 saturated heterocycles. The Kier molecular flexibility index (Phi) is 6.89. The van der Waals surface area contributed by atoms with Crippen LogP contribution in [0.3, 0.4) is 0 Å². The summed E-state index contributed by atoms with van der Waals surface area (Å²) in [5.74, 6) is 0. The monoisotopic (exact) mass is 367 g/mol. The molecule has 2 aromatic rings. The van der Waals surface area contributed by atoms with E-state index in [1.807, 2.05) is 0 Å². The van der Waals surface area contributed by atoms with Crippen molar-refractivity contribution in [2.75, 3.05) is 31.6 Å². The van der Waals surface area contributed by atoms with Crippen molar-refractivity contribution < 1.29 is 0 Å². The summed E-state index contributed by atoms with van der Waals surface area (Å²) in [6.45, 7) is 4.03. The first kappa shape index (κ1) is 18.7. The van der Waals surface area contributed by atoms with Crippen LogP contribution >= 0.6 is 12.2 Å². The van der Waals surface area contributed by atoms with E-state index in [1.165, 1.54) is 49.2 Å². The first-order valence-electron chi connectivity index (χ1n) is 9.60. The molecule has 0 radical (unpaired) electrons. The van der Waals surface area contributed by atoms with Crippen molar-refractivity contribution in [3.63, 3.8) is 0 Å². The third-order valence-electron chi connectivity index (χ3n) is 4.98. The quantitative estimate of drug-likeness (QED) is 0.770. The van der Waals surface area contributed by atoms with Crippen LogP contribution in [0.2, 0.25) is 0 Å². The number of para-hydroxylation sites is 1. The molecule has 0 amide bonds. The summed E-state index contributed by atoms with van der Waals surface area (Å²) in [6, 6.07) is 19.3. The van der Waals surface area contributed by atoms with Gasteiger partial charge in [-0.1, -0.05) is 48.5 Å². The van der Waals surface area contributed by atoms with Crippen LogP contribution in [-0.2, 0) is 13.0 Å². The van der Waals surface area contributed by atoms with Crippen molar-refractivity contribution >= 4 is 23.0 Å². The highest BCUT2D eigenvalue weighted by Gasteiger charge is 2.15. The Bertz CT molecular complexity index is 696. The molecular formula is C22H29N3S. The van der Waals surface area contributed by atoms with Gasteiger partial charge in [0.15, 0.2) is 5.11 Å². The number of thiocarbonyl (C=S) groups is 1. The summed E-state index contributed by atoms with van der Waals surface area (Å²) in [4.78, 5) is 4.67. The zero-order valence-electron chi connectivity index (χ0n) is 15.7. The van der Waals surface area contributed by atoms with E-state index < -0.39 is 0 Å². The van der Waals surface area contributed by atoms with E-state index >= 15 is 0 Å². The molecule has 4 heteroatoms. The molecule has 2 aromatic carbocycles. The van der Waals surface area contributed by atoms with Gasteiger partial charge in [0.05, 0.1) is 0 Å². The van der Waals surface area contributed by atoms with Crippen molar-refractivity contribution in [1.29, 1.82) is 0 Å². The van der Waals surface area contributed by atoms with Crippen LogP contribution in [0.25, 0.3) is 0 Å². The number of nitrogens with zero attached hydrogens (tertiary/aromatic N) is 2. The van der Waals surface area contributed by atoms with Crippen LogP contribution in [0, 0.1) is 0 Å². The molecule has 3 nitrogen and oxygen atoms in total. The molecule has 0 saturated carbocycles. The predicted molar refractivity (Wildman–Crippen MR) is 115 cm³/mol. The van der Waals surface area contributed by atoms with Gasteiger partial charge < -0.3 is 15.1 Å². The summed E-state index contributed by atoms with van der Waals surface area (Å²) < 4.78 is 0. The third kappa shape index (κ3) is 5.21. The zero-order chi connectivity index (χ0) is 18.2. The Morgan fingerprint density at radius 1 is 1.00 bits per heavy atom. The molecule has 0 spiro atoms. The minimum absolute atomic E-state index is 0.814. The number of anilines is 1. The summed E-state index contributed by atoms with van der Waals surface area (Å²) in [7, 11) is 2.07. The Labute approximate surface area is 163 Å². The van der Waals surface area contributed by atoms with Crippen LogP contribution in [0.1, 0.15) is 30.4 Å². The van der Waals surface area contributed by atoms with Gasteiger partial charge in [-0.25, -0.2) is 0 Å². The lowest BCUT2D eigenvalue weighted by atomic mass is 10.1. The number of benzene rings is 2. The predicted octanol–water partition coefficient (Wildman–Crippen LogP) is 4.23. The third-order valence-corrected chi connectivity index (χ3v) is 5.43. The average molecular weight is 368 g/mol. The highest BCUT2D eigenvalue weighted by atomic mass is 32.1. The van der Waals surface area contributed by atoms with Gasteiger partial charge in [0.25, 0.3) is 0 Å². The van der Waals surface area contributed by atoms with Gasteiger partial charge in [-0.15, -0.1) is 0 Å². The van der Waals surface area contributed by atoms with E-state index in [2.05, 4.69) is 76.8 Å². The zero-order valence-corrected chi connectivity index (χ0v) is 16.5. The first-order chi connectivity index (χ1) is 12.7. The van der Waals surface area contributed by atoms with E-state index in [0.29, 0.717) is 0 Å². The fourth-order valence-corrected chi connectivity index (χ4v) is 3.68. The van der Waals surface area contributed by atoms with E-state index in [9.17, 15) is 0 Å². The largest absolute Gasteiger partial charge is 0.371 e. The standard InChI is InChI=1S/C22H29N3S/c1-24(22(26)23-15-14-19-10-4-2-5-11-19)18-20-12-6-7-13-21(20)25-16-8-3-9-17-25/h2,4-7,10-13H,3,8-9,14-18H2,1H3,(H,23,26). The van der Waals surface area contributed by atoms with Crippen LogP contribution < -0.4 is 10.2 Å². The van der Waals surface area contributed by atoms with Gasteiger partial charge in [0.2, 0.25) is 0 Å². The second kappa shape index (κ2) is 9.58. The SMILES string of the molecule is CN(Cc1ccccc1N1CCCCC1)C(=S)NCCc1ccccc1. The maximum atomic E-state index is 5.59. The van der Waals surface area contributed by atoms with Crippen molar-refractivity contribution in [3.05, 3.63) is 65.7 Å². The van der Waals surface area contributed by atoms with E-state index in [1.54, 1.807) is 0 Å². The van der Waals surface area contributed by atoms with Crippen molar-refractivity contribution in [2.24, 2.45) is 0 Å². The molecule has 0 unspecified atom stereocenters. The van der Waals surface area contributed by atoms with Crippen molar-refractivity contribution in [3.8, 4) is 0 Å². The van der Waals surface area contributed by atoms with Gasteiger partial charge in [-0.3, -0.25) is 0 Å². The number of hydrogen-bond acceptors (Lipinski definition) is 2. The fourth-order valence-electron chi connectivity index (χ4n) is 3.51. The summed E-state index contributed by atoms with van der Waals surface area (Å²) >= 11 is 5.59. The fraction of sp³-hybridized carbons (Fsp3) is 0.409. The molecule has 26 heavy (non-hydrogen) atoms. The van der Waals surface area contributed by atoms with Gasteiger partial charge in [-0.2, -0.15) is 0 Å². The number of hydrogen-bond donors (Lipinski definition) is 1. The molecule has 1 aliphatic heterocycles. The minimum atomic E-state index is 0.814. The van der Waals surface area contributed by atoms with E-state index in [-0.39, 0.29) is 0 Å². The lowest BCUT2D eigenvalue weighted by molar-refractivity contribution is 0.487. The number of rotatable bonds is 6. The highest BCUT2D eigenvalue weighted by Crippen LogP contribution is 2.25. The summed E-state index contributed by atoms with van der Waals surface area (Å²) in [5.41, 5.74) is 4.05. The number of nitrogens with one attached hydrogen (secondary N) is 1. The van der Waals surface area contributed by atoms with Gasteiger partial charge >= 0.3 is 0 Å². The average Bonchev–Trinajstić information content (AvgIpc) is 2.70. The Morgan fingerprint density at radius 2 is 1.69 bits per heavy atom. The van der Waals surface area contributed by atoms with Gasteiger partial charge in [-0.05, 0) is 55.1 Å². The molecule has 0 atom stereocenters. The molecular weight excluding hydrogens is 338 g/mol. The van der Waals surface area contributed by atoms with Crippen molar-refractivity contribution in [2.45, 2.75) is 32.2 Å². The molecule has 1 heterocycles. The Hall–Kier alpha value is -2.07. The van der Waals surface area contributed by atoms with Crippen LogP contribution in [0.5, 0.6) is 0 Å². The van der Waals surface area contributed by atoms with Crippen LogP contribution in [0.4, 0.5) is 5.69 Å². The summed E-state index contributed by atoms with van der Waals surface area (Å²) in [5, 5.41) is 4.21. The lowest BCUT2D eigenvalue weighted by Crippen LogP contribution is -2.38. The molecule has 0 aliphatic carbocycles. The first-order valence-corrected chi connectivity index (χ1v) is 10.0. The molecule has 0 aromatic heterocycles. The Morgan fingerprint density at radius 3 is 2.46 bits per heavy atom. The molecule has 138 valence electrons. The minimum Gasteiger partial charge on any atom is -0.371 e. The number of piperidine rings is 1. The summed E-state index contributed by atoms with van der Waals surface area (Å²) in [6.07, 6.45) is 4.93. The maximum absolute atomic E-state index is 5.59. The second-order valence-electron chi connectivity index (χ2n) is 7.00. The van der Waals surface area contributed by atoms with Crippen LogP contribution in [0.15, 0.2) is 54.6 Å². The highest BCUT2D eigenvalue weighted by molar-refractivity contribution is 7.80.